The van der Waals surface area contributed by atoms with E-state index in [2.05, 4.69) is 46.5 Å². The number of aromatic amines is 1. The third kappa shape index (κ3) is 2.59. The predicted octanol–water partition coefficient (Wildman–Crippen LogP) is 2.76. The zero-order chi connectivity index (χ0) is 12.7. The predicted molar refractivity (Wildman–Crippen MR) is 80.3 cm³/mol. The Morgan fingerprint density at radius 3 is 2.68 bits per heavy atom. The van der Waals surface area contributed by atoms with Crippen LogP contribution in [-0.2, 0) is 0 Å². The first-order valence-electron chi connectivity index (χ1n) is 5.60. The van der Waals surface area contributed by atoms with Gasteiger partial charge in [-0.15, -0.1) is 12.4 Å². The first-order chi connectivity index (χ1) is 8.63. The van der Waals surface area contributed by atoms with Crippen LogP contribution in [-0.4, -0.2) is 26.7 Å². The number of benzene rings is 1. The monoisotopic (exact) mass is 296 g/mol. The van der Waals surface area contributed by atoms with Gasteiger partial charge in [0.05, 0.1) is 16.8 Å². The first kappa shape index (κ1) is 13.9. The van der Waals surface area contributed by atoms with Crippen LogP contribution in [0.1, 0.15) is 17.0 Å². The molecule has 0 bridgehead atoms. The molecule has 0 aliphatic carbocycles. The molecule has 0 radical (unpaired) electrons. The van der Waals surface area contributed by atoms with Gasteiger partial charge in [0, 0.05) is 0 Å². The summed E-state index contributed by atoms with van der Waals surface area (Å²) in [7, 11) is 0. The summed E-state index contributed by atoms with van der Waals surface area (Å²) in [5.74, 6) is 1.27. The van der Waals surface area contributed by atoms with Gasteiger partial charge in [0.25, 0.3) is 5.24 Å². The molecule has 2 aromatic rings. The molecule has 0 saturated heterocycles. The van der Waals surface area contributed by atoms with Gasteiger partial charge in [0.1, 0.15) is 5.71 Å². The molecule has 1 amide bonds. The number of imidazole rings is 1. The van der Waals surface area contributed by atoms with Crippen molar-refractivity contribution in [2.45, 2.75) is 13.8 Å². The van der Waals surface area contributed by atoms with E-state index in [-0.39, 0.29) is 17.6 Å². The van der Waals surface area contributed by atoms with E-state index in [1.54, 1.807) is 0 Å². The summed E-state index contributed by atoms with van der Waals surface area (Å²) in [6.07, 6.45) is 0. The van der Waals surface area contributed by atoms with Crippen molar-refractivity contribution in [3.8, 4) is 0 Å². The number of hydrogen-bond acceptors (Lipinski definition) is 4. The van der Waals surface area contributed by atoms with Crippen molar-refractivity contribution in [3.05, 3.63) is 29.1 Å². The highest BCUT2D eigenvalue weighted by Gasteiger charge is 2.17. The van der Waals surface area contributed by atoms with E-state index in [1.807, 2.05) is 0 Å². The number of hydrazone groups is 1. The molecule has 0 unspecified atom stereocenters. The standard InChI is InChI=1S/C12H12N4OS.ClH/c1-6-3-8-9(4-7(6)2)14-11(13-8)10-5-18-12(17)16-15-10;/h3-4H,5H2,1-2H3,(H,13,14)(H,16,17);1H. The largest absolute Gasteiger partial charge is 0.337 e. The molecule has 3 rings (SSSR count). The van der Waals surface area contributed by atoms with E-state index in [0.717, 1.165) is 22.6 Å². The van der Waals surface area contributed by atoms with Gasteiger partial charge < -0.3 is 4.98 Å². The van der Waals surface area contributed by atoms with Crippen LogP contribution in [0.25, 0.3) is 11.0 Å². The van der Waals surface area contributed by atoms with Crippen molar-refractivity contribution < 1.29 is 4.79 Å². The van der Waals surface area contributed by atoms with Crippen molar-refractivity contribution in [2.24, 2.45) is 5.10 Å². The van der Waals surface area contributed by atoms with Crippen LogP contribution < -0.4 is 5.43 Å². The van der Waals surface area contributed by atoms with E-state index < -0.39 is 0 Å². The van der Waals surface area contributed by atoms with Crippen LogP contribution in [0.4, 0.5) is 4.79 Å². The molecule has 1 aromatic carbocycles. The molecule has 1 aliphatic heterocycles. The minimum atomic E-state index is -0.124. The van der Waals surface area contributed by atoms with Gasteiger partial charge in [0.15, 0.2) is 5.82 Å². The zero-order valence-electron chi connectivity index (χ0n) is 10.5. The highest BCUT2D eigenvalue weighted by atomic mass is 35.5. The molecule has 0 fully saturated rings. The fourth-order valence-corrected chi connectivity index (χ4v) is 2.42. The van der Waals surface area contributed by atoms with Crippen LogP contribution in [0.15, 0.2) is 17.2 Å². The third-order valence-electron chi connectivity index (χ3n) is 2.99. The van der Waals surface area contributed by atoms with E-state index in [1.165, 1.54) is 22.9 Å². The molecule has 0 atom stereocenters. The molecule has 2 heterocycles. The maximum atomic E-state index is 11.0. The molecule has 2 N–H and O–H groups in total. The molecule has 1 aliphatic rings. The van der Waals surface area contributed by atoms with Gasteiger partial charge in [-0.1, -0.05) is 11.8 Å². The number of nitrogens with one attached hydrogen (secondary N) is 2. The SMILES string of the molecule is Cc1cc2nc(C3=NNC(=O)SC3)[nH]c2cc1C.Cl. The van der Waals surface area contributed by atoms with Gasteiger partial charge in [-0.25, -0.2) is 10.4 Å². The Hall–Kier alpha value is -1.53. The minimum Gasteiger partial charge on any atom is -0.337 e. The number of fused-ring (bicyclic) bond motifs is 1. The smallest absolute Gasteiger partial charge is 0.299 e. The summed E-state index contributed by atoms with van der Waals surface area (Å²) < 4.78 is 0. The Labute approximate surface area is 120 Å². The van der Waals surface area contributed by atoms with Crippen LogP contribution >= 0.6 is 24.2 Å². The number of aromatic nitrogens is 2. The normalized spacial score (nSPS) is 14.8. The lowest BCUT2D eigenvalue weighted by molar-refractivity contribution is 0.261. The van der Waals surface area contributed by atoms with Gasteiger partial charge in [-0.3, -0.25) is 4.79 Å². The average molecular weight is 297 g/mol. The van der Waals surface area contributed by atoms with E-state index in [9.17, 15) is 4.79 Å². The Morgan fingerprint density at radius 1 is 1.26 bits per heavy atom. The Bertz CT molecular complexity index is 641. The van der Waals surface area contributed by atoms with E-state index in [0.29, 0.717) is 5.75 Å². The van der Waals surface area contributed by atoms with Gasteiger partial charge >= 0.3 is 0 Å². The fraction of sp³-hybridized carbons (Fsp3) is 0.250. The van der Waals surface area contributed by atoms with Crippen molar-refractivity contribution in [2.75, 3.05) is 5.75 Å². The lowest BCUT2D eigenvalue weighted by Crippen LogP contribution is -2.24. The summed E-state index contributed by atoms with van der Waals surface area (Å²) in [5.41, 5.74) is 7.59. The number of H-pyrrole nitrogens is 1. The molecule has 7 heteroatoms. The fourth-order valence-electron chi connectivity index (χ4n) is 1.84. The van der Waals surface area contributed by atoms with Crippen LogP contribution in [0.3, 0.4) is 0 Å². The minimum absolute atomic E-state index is 0. The molecule has 19 heavy (non-hydrogen) atoms. The number of hydrogen-bond donors (Lipinski definition) is 2. The maximum absolute atomic E-state index is 11.0. The van der Waals surface area contributed by atoms with Gasteiger partial charge in [0.2, 0.25) is 0 Å². The van der Waals surface area contributed by atoms with Crippen LogP contribution in [0.5, 0.6) is 0 Å². The second-order valence-corrected chi connectivity index (χ2v) is 5.23. The first-order valence-corrected chi connectivity index (χ1v) is 6.59. The van der Waals surface area contributed by atoms with Crippen molar-refractivity contribution in [1.82, 2.24) is 15.4 Å². The van der Waals surface area contributed by atoms with E-state index >= 15 is 0 Å². The van der Waals surface area contributed by atoms with Crippen molar-refractivity contribution in [1.29, 1.82) is 0 Å². The number of nitrogens with zero attached hydrogens (tertiary/aromatic N) is 2. The molecular weight excluding hydrogens is 284 g/mol. The molecule has 0 spiro atoms. The summed E-state index contributed by atoms with van der Waals surface area (Å²) in [6, 6.07) is 4.13. The van der Waals surface area contributed by atoms with Gasteiger partial charge in [-0.05, 0) is 37.1 Å². The highest BCUT2D eigenvalue weighted by molar-refractivity contribution is 8.14. The zero-order valence-corrected chi connectivity index (χ0v) is 12.1. The second-order valence-electron chi connectivity index (χ2n) is 4.29. The van der Waals surface area contributed by atoms with Gasteiger partial charge in [-0.2, -0.15) is 5.10 Å². The number of aryl methyl sites for hydroxylation is 2. The number of carbonyl (C=O) groups is 1. The number of halogens is 1. The Morgan fingerprint density at radius 2 is 2.00 bits per heavy atom. The number of amides is 1. The molecule has 5 nitrogen and oxygen atoms in total. The van der Waals surface area contributed by atoms with E-state index in [4.69, 9.17) is 0 Å². The Balaban J connectivity index is 0.00000133. The molecule has 1 aromatic heterocycles. The van der Waals surface area contributed by atoms with Crippen LogP contribution in [0.2, 0.25) is 0 Å². The average Bonchev–Trinajstić information content (AvgIpc) is 2.73. The summed E-state index contributed by atoms with van der Waals surface area (Å²) >= 11 is 1.20. The maximum Gasteiger partial charge on any atom is 0.299 e. The lowest BCUT2D eigenvalue weighted by atomic mass is 10.1. The summed E-state index contributed by atoms with van der Waals surface area (Å²) in [6.45, 7) is 4.14. The van der Waals surface area contributed by atoms with Crippen LogP contribution in [0, 0.1) is 13.8 Å². The number of thioether (sulfide) groups is 1. The molecular formula is C12H13ClN4OS. The van der Waals surface area contributed by atoms with Crippen molar-refractivity contribution >= 4 is 46.2 Å². The topological polar surface area (TPSA) is 70.1 Å². The highest BCUT2D eigenvalue weighted by Crippen LogP contribution is 2.19. The number of rotatable bonds is 1. The lowest BCUT2D eigenvalue weighted by Gasteiger charge is -2.08. The van der Waals surface area contributed by atoms with Crippen molar-refractivity contribution in [3.63, 3.8) is 0 Å². The number of carbonyl (C=O) groups excluding carboxylic acids is 1. The summed E-state index contributed by atoms with van der Waals surface area (Å²) in [4.78, 5) is 18.8. The Kier molecular flexibility index (Phi) is 3.82. The summed E-state index contributed by atoms with van der Waals surface area (Å²) in [5, 5.41) is 3.90. The second kappa shape index (κ2) is 5.22. The molecule has 0 saturated carbocycles. The third-order valence-corrected chi connectivity index (χ3v) is 3.76. The molecule has 100 valence electrons. The quantitative estimate of drug-likeness (QED) is 0.850.